The standard InChI is InChI=1S/C5H4F8/c1-3(8,9)5(12,13)4(10,11)2(6)7/h2H,1H3. The van der Waals surface area contributed by atoms with Crippen LogP contribution in [-0.2, 0) is 0 Å². The molecule has 0 saturated carbocycles. The monoisotopic (exact) mass is 216 g/mol. The second kappa shape index (κ2) is 2.98. The molecule has 0 aromatic heterocycles. The summed E-state index contributed by atoms with van der Waals surface area (Å²) in [5.74, 6) is -17.3. The van der Waals surface area contributed by atoms with Crippen molar-refractivity contribution in [2.75, 3.05) is 0 Å². The third-order valence-electron chi connectivity index (χ3n) is 1.24. The summed E-state index contributed by atoms with van der Waals surface area (Å²) in [6.45, 7) is -0.552. The Bertz CT molecular complexity index is 177. The Morgan fingerprint density at radius 1 is 0.846 bits per heavy atom. The van der Waals surface area contributed by atoms with E-state index in [4.69, 9.17) is 0 Å². The van der Waals surface area contributed by atoms with Gasteiger partial charge in [0.15, 0.2) is 0 Å². The van der Waals surface area contributed by atoms with Crippen molar-refractivity contribution < 1.29 is 35.1 Å². The van der Waals surface area contributed by atoms with Crippen LogP contribution in [0.25, 0.3) is 0 Å². The van der Waals surface area contributed by atoms with Gasteiger partial charge in [0.2, 0.25) is 0 Å². The van der Waals surface area contributed by atoms with Crippen LogP contribution in [0.5, 0.6) is 0 Å². The number of hydrogen-bond acceptors (Lipinski definition) is 0. The van der Waals surface area contributed by atoms with Gasteiger partial charge in [-0.05, 0) is 0 Å². The average molecular weight is 216 g/mol. The fourth-order valence-electron chi connectivity index (χ4n) is 0.430. The van der Waals surface area contributed by atoms with Crippen LogP contribution in [0.15, 0.2) is 0 Å². The van der Waals surface area contributed by atoms with Crippen molar-refractivity contribution in [2.45, 2.75) is 31.1 Å². The van der Waals surface area contributed by atoms with Crippen LogP contribution in [0.2, 0.25) is 0 Å². The van der Waals surface area contributed by atoms with Gasteiger partial charge in [0.1, 0.15) is 0 Å². The Morgan fingerprint density at radius 2 is 1.15 bits per heavy atom. The zero-order valence-electron chi connectivity index (χ0n) is 6.10. The molecule has 0 heterocycles. The van der Waals surface area contributed by atoms with Gasteiger partial charge in [0.25, 0.3) is 0 Å². The molecule has 0 saturated heterocycles. The Balaban J connectivity index is 5.04. The summed E-state index contributed by atoms with van der Waals surface area (Å²) in [7, 11) is 0. The molecule has 0 N–H and O–H groups in total. The predicted octanol–water partition coefficient (Wildman–Crippen LogP) is 3.18. The molecule has 0 unspecified atom stereocenters. The van der Waals surface area contributed by atoms with E-state index in [1.165, 1.54) is 0 Å². The lowest BCUT2D eigenvalue weighted by Crippen LogP contribution is -2.56. The Labute approximate surface area is 67.5 Å². The van der Waals surface area contributed by atoms with Crippen molar-refractivity contribution in [3.05, 3.63) is 0 Å². The SMILES string of the molecule is CC(F)(F)C(F)(F)C(F)(F)C(F)F. The predicted molar refractivity (Wildman–Crippen MR) is 26.5 cm³/mol. The summed E-state index contributed by atoms with van der Waals surface area (Å²) in [6.07, 6.45) is -4.84. The summed E-state index contributed by atoms with van der Waals surface area (Å²) < 4.78 is 93.8. The molecule has 0 fully saturated rings. The summed E-state index contributed by atoms with van der Waals surface area (Å²) in [4.78, 5) is 0. The lowest BCUT2D eigenvalue weighted by molar-refractivity contribution is -0.333. The maximum absolute atomic E-state index is 12.0. The first-order valence-electron chi connectivity index (χ1n) is 2.86. The van der Waals surface area contributed by atoms with Crippen molar-refractivity contribution in [3.63, 3.8) is 0 Å². The highest BCUT2D eigenvalue weighted by Gasteiger charge is 2.73. The fraction of sp³-hybridized carbons (Fsp3) is 1.00. The van der Waals surface area contributed by atoms with Crippen LogP contribution in [0.1, 0.15) is 6.92 Å². The van der Waals surface area contributed by atoms with Crippen molar-refractivity contribution in [2.24, 2.45) is 0 Å². The van der Waals surface area contributed by atoms with Gasteiger partial charge in [-0.2, -0.15) is 26.3 Å². The molecule has 0 amide bonds. The molecule has 0 aliphatic rings. The lowest BCUT2D eigenvalue weighted by atomic mass is 10.1. The van der Waals surface area contributed by atoms with Gasteiger partial charge in [0.05, 0.1) is 0 Å². The fourth-order valence-corrected chi connectivity index (χ4v) is 0.430. The van der Waals surface area contributed by atoms with Gasteiger partial charge in [-0.1, -0.05) is 0 Å². The molecule has 0 aliphatic heterocycles. The van der Waals surface area contributed by atoms with Gasteiger partial charge < -0.3 is 0 Å². The van der Waals surface area contributed by atoms with Crippen molar-refractivity contribution in [1.29, 1.82) is 0 Å². The molecule has 0 radical (unpaired) electrons. The molecule has 0 bridgehead atoms. The van der Waals surface area contributed by atoms with Gasteiger partial charge in [0, 0.05) is 6.92 Å². The van der Waals surface area contributed by atoms with Gasteiger partial charge >= 0.3 is 24.2 Å². The van der Waals surface area contributed by atoms with E-state index in [0.29, 0.717) is 0 Å². The topological polar surface area (TPSA) is 0 Å². The van der Waals surface area contributed by atoms with Gasteiger partial charge in [-0.3, -0.25) is 0 Å². The third-order valence-corrected chi connectivity index (χ3v) is 1.24. The van der Waals surface area contributed by atoms with Crippen LogP contribution in [-0.4, -0.2) is 24.2 Å². The Morgan fingerprint density at radius 3 is 1.23 bits per heavy atom. The summed E-state index contributed by atoms with van der Waals surface area (Å²) in [5, 5.41) is 0. The minimum atomic E-state index is -6.06. The third kappa shape index (κ3) is 1.86. The largest absolute Gasteiger partial charge is 0.377 e. The van der Waals surface area contributed by atoms with E-state index in [0.717, 1.165) is 0 Å². The summed E-state index contributed by atoms with van der Waals surface area (Å²) in [5.41, 5.74) is 0. The molecule has 0 spiro atoms. The second-order valence-corrected chi connectivity index (χ2v) is 2.39. The molecule has 0 nitrogen and oxygen atoms in total. The van der Waals surface area contributed by atoms with E-state index in [-0.39, 0.29) is 0 Å². The molecule has 0 aromatic rings. The Hall–Kier alpha value is -0.560. The van der Waals surface area contributed by atoms with Gasteiger partial charge in [-0.15, -0.1) is 0 Å². The minimum absolute atomic E-state index is 0.552. The first-order valence-corrected chi connectivity index (χ1v) is 2.86. The van der Waals surface area contributed by atoms with Crippen molar-refractivity contribution in [3.8, 4) is 0 Å². The zero-order chi connectivity index (χ0) is 11.1. The maximum atomic E-state index is 12.0. The average Bonchev–Trinajstić information content (AvgIpc) is 1.84. The highest BCUT2D eigenvalue weighted by molar-refractivity contribution is 4.95. The second-order valence-electron chi connectivity index (χ2n) is 2.39. The van der Waals surface area contributed by atoms with E-state index in [1.807, 2.05) is 0 Å². The molecular weight excluding hydrogens is 212 g/mol. The number of hydrogen-bond donors (Lipinski definition) is 0. The summed E-state index contributed by atoms with van der Waals surface area (Å²) in [6, 6.07) is 0. The molecular formula is C5H4F8. The molecule has 0 atom stereocenters. The quantitative estimate of drug-likeness (QED) is 0.635. The number of halogens is 8. The number of alkyl halides is 8. The first kappa shape index (κ1) is 12.4. The van der Waals surface area contributed by atoms with Crippen LogP contribution in [0.3, 0.4) is 0 Å². The molecule has 13 heavy (non-hydrogen) atoms. The molecule has 8 heteroatoms. The lowest BCUT2D eigenvalue weighted by Gasteiger charge is -2.29. The van der Waals surface area contributed by atoms with E-state index >= 15 is 0 Å². The Kier molecular flexibility index (Phi) is 2.86. The van der Waals surface area contributed by atoms with Crippen molar-refractivity contribution in [1.82, 2.24) is 0 Å². The van der Waals surface area contributed by atoms with Crippen LogP contribution in [0.4, 0.5) is 35.1 Å². The van der Waals surface area contributed by atoms with Crippen molar-refractivity contribution >= 4 is 0 Å². The summed E-state index contributed by atoms with van der Waals surface area (Å²) >= 11 is 0. The molecule has 0 aromatic carbocycles. The molecule has 0 rings (SSSR count). The molecule has 0 aliphatic carbocycles. The minimum Gasteiger partial charge on any atom is -0.203 e. The zero-order valence-corrected chi connectivity index (χ0v) is 6.10. The smallest absolute Gasteiger partial charge is 0.203 e. The first-order chi connectivity index (χ1) is 5.44. The van der Waals surface area contributed by atoms with E-state index in [2.05, 4.69) is 0 Å². The van der Waals surface area contributed by atoms with Crippen LogP contribution in [0, 0.1) is 0 Å². The van der Waals surface area contributed by atoms with Crippen LogP contribution >= 0.6 is 0 Å². The van der Waals surface area contributed by atoms with E-state index < -0.39 is 31.1 Å². The molecule has 80 valence electrons. The van der Waals surface area contributed by atoms with Crippen LogP contribution < -0.4 is 0 Å². The highest BCUT2D eigenvalue weighted by Crippen LogP contribution is 2.47. The maximum Gasteiger partial charge on any atom is 0.377 e. The van der Waals surface area contributed by atoms with E-state index in [9.17, 15) is 35.1 Å². The normalized spacial score (nSPS) is 15.2. The highest BCUT2D eigenvalue weighted by atomic mass is 19.4. The number of rotatable bonds is 3. The van der Waals surface area contributed by atoms with Gasteiger partial charge in [-0.25, -0.2) is 8.78 Å². The van der Waals surface area contributed by atoms with E-state index in [1.54, 1.807) is 0 Å².